The number of carbonyl (C=O) groups is 1. The van der Waals surface area contributed by atoms with E-state index in [1.807, 2.05) is 66.7 Å². The molecule has 36 heavy (non-hydrogen) atoms. The van der Waals surface area contributed by atoms with Crippen molar-refractivity contribution in [1.29, 1.82) is 0 Å². The molecule has 0 bridgehead atoms. The van der Waals surface area contributed by atoms with Gasteiger partial charge in [-0.05, 0) is 30.0 Å². The fraction of sp³-hybridized carbons (Fsp3) is 0.250. The topological polar surface area (TPSA) is 52.3 Å². The fourth-order valence-corrected chi connectivity index (χ4v) is 4.07. The minimum Gasteiger partial charge on any atom is -0.463 e. The second-order valence-corrected chi connectivity index (χ2v) is 8.82. The lowest BCUT2D eigenvalue weighted by atomic mass is 10.1. The molecule has 4 nitrogen and oxygen atoms in total. The molecule has 0 atom stereocenters. The number of esters is 1. The van der Waals surface area contributed by atoms with Crippen LogP contribution in [0.15, 0.2) is 95.4 Å². The number of rotatable bonds is 12. The standard InChI is InChI=1S/C32H33NO3/c1-2-3-4-11-23-35-30(34)22-20-26-14-12-13-25(24-26)19-21-29-33-31(27-15-7-5-8-16-27)32(36-29)28-17-9-6-10-18-28/h5-10,12-18,20,22,24H,2-4,11,19,21,23H2,1H3. The fourth-order valence-electron chi connectivity index (χ4n) is 4.07. The van der Waals surface area contributed by atoms with Crippen LogP contribution in [0.1, 0.15) is 49.6 Å². The van der Waals surface area contributed by atoms with Crippen LogP contribution in [0.4, 0.5) is 0 Å². The summed E-state index contributed by atoms with van der Waals surface area (Å²) in [6, 6.07) is 28.4. The summed E-state index contributed by atoms with van der Waals surface area (Å²) in [7, 11) is 0. The average molecular weight is 480 g/mol. The molecule has 4 heteroatoms. The third-order valence-corrected chi connectivity index (χ3v) is 5.99. The Kier molecular flexibility index (Phi) is 9.26. The first-order chi connectivity index (χ1) is 17.7. The van der Waals surface area contributed by atoms with Crippen LogP contribution in [-0.2, 0) is 22.4 Å². The molecule has 0 amide bonds. The smallest absolute Gasteiger partial charge is 0.330 e. The van der Waals surface area contributed by atoms with E-state index in [-0.39, 0.29) is 5.97 Å². The van der Waals surface area contributed by atoms with Crippen LogP contribution in [0.25, 0.3) is 28.7 Å². The Labute approximate surface area is 213 Å². The monoisotopic (exact) mass is 479 g/mol. The number of aromatic nitrogens is 1. The minimum atomic E-state index is -0.293. The van der Waals surface area contributed by atoms with Gasteiger partial charge in [-0.2, -0.15) is 0 Å². The van der Waals surface area contributed by atoms with E-state index in [2.05, 4.69) is 31.2 Å². The van der Waals surface area contributed by atoms with Gasteiger partial charge in [-0.25, -0.2) is 9.78 Å². The van der Waals surface area contributed by atoms with Gasteiger partial charge < -0.3 is 9.15 Å². The van der Waals surface area contributed by atoms with Crippen molar-refractivity contribution < 1.29 is 13.9 Å². The van der Waals surface area contributed by atoms with Gasteiger partial charge >= 0.3 is 5.97 Å². The van der Waals surface area contributed by atoms with Crippen LogP contribution in [-0.4, -0.2) is 17.6 Å². The minimum absolute atomic E-state index is 0.293. The second kappa shape index (κ2) is 13.2. The molecule has 0 fully saturated rings. The van der Waals surface area contributed by atoms with Gasteiger partial charge in [-0.1, -0.05) is 111 Å². The number of carbonyl (C=O) groups excluding carboxylic acids is 1. The summed E-state index contributed by atoms with van der Waals surface area (Å²) in [5, 5.41) is 0. The Morgan fingerprint density at radius 3 is 2.36 bits per heavy atom. The highest BCUT2D eigenvalue weighted by molar-refractivity contribution is 5.87. The van der Waals surface area contributed by atoms with E-state index in [1.165, 1.54) is 18.9 Å². The summed E-state index contributed by atoms with van der Waals surface area (Å²) in [6.45, 7) is 2.65. The summed E-state index contributed by atoms with van der Waals surface area (Å²) in [4.78, 5) is 16.8. The van der Waals surface area contributed by atoms with Gasteiger partial charge in [0.2, 0.25) is 0 Å². The number of nitrogens with zero attached hydrogens (tertiary/aromatic N) is 1. The highest BCUT2D eigenvalue weighted by Gasteiger charge is 2.16. The molecule has 1 heterocycles. The molecule has 0 spiro atoms. The summed E-state index contributed by atoms with van der Waals surface area (Å²) in [5.41, 5.74) is 5.04. The zero-order valence-corrected chi connectivity index (χ0v) is 20.9. The quantitative estimate of drug-likeness (QED) is 0.118. The van der Waals surface area contributed by atoms with Gasteiger partial charge in [-0.15, -0.1) is 0 Å². The molecule has 0 unspecified atom stereocenters. The highest BCUT2D eigenvalue weighted by atomic mass is 16.5. The lowest BCUT2D eigenvalue weighted by Gasteiger charge is -2.02. The van der Waals surface area contributed by atoms with Crippen molar-refractivity contribution in [2.24, 2.45) is 0 Å². The normalized spacial score (nSPS) is 11.1. The highest BCUT2D eigenvalue weighted by Crippen LogP contribution is 2.32. The van der Waals surface area contributed by atoms with E-state index in [1.54, 1.807) is 0 Å². The first-order valence-electron chi connectivity index (χ1n) is 12.8. The van der Waals surface area contributed by atoms with E-state index in [4.69, 9.17) is 14.1 Å². The SMILES string of the molecule is CCCCCCOC(=O)C=Cc1cccc(CCc2nc(-c3ccccc3)c(-c3ccccc3)o2)c1. The van der Waals surface area contributed by atoms with Crippen molar-refractivity contribution in [2.75, 3.05) is 6.61 Å². The first-order valence-corrected chi connectivity index (χ1v) is 12.8. The molecule has 0 saturated carbocycles. The van der Waals surface area contributed by atoms with Crippen molar-refractivity contribution in [1.82, 2.24) is 4.98 Å². The Hall–Kier alpha value is -3.92. The van der Waals surface area contributed by atoms with E-state index in [9.17, 15) is 4.79 Å². The molecular weight excluding hydrogens is 446 g/mol. The van der Waals surface area contributed by atoms with Crippen molar-refractivity contribution in [3.8, 4) is 22.6 Å². The zero-order valence-electron chi connectivity index (χ0n) is 20.9. The molecule has 0 N–H and O–H groups in total. The van der Waals surface area contributed by atoms with Crippen molar-refractivity contribution in [3.05, 3.63) is 108 Å². The predicted octanol–water partition coefficient (Wildman–Crippen LogP) is 7.93. The van der Waals surface area contributed by atoms with Crippen molar-refractivity contribution in [2.45, 2.75) is 45.4 Å². The van der Waals surface area contributed by atoms with Crippen LogP contribution in [0.3, 0.4) is 0 Å². The number of hydrogen-bond acceptors (Lipinski definition) is 4. The van der Waals surface area contributed by atoms with Crippen molar-refractivity contribution in [3.63, 3.8) is 0 Å². The van der Waals surface area contributed by atoms with Gasteiger partial charge in [0.15, 0.2) is 11.7 Å². The lowest BCUT2D eigenvalue weighted by molar-refractivity contribution is -0.137. The van der Waals surface area contributed by atoms with Gasteiger partial charge in [-0.3, -0.25) is 0 Å². The summed E-state index contributed by atoms with van der Waals surface area (Å²) >= 11 is 0. The van der Waals surface area contributed by atoms with Crippen LogP contribution >= 0.6 is 0 Å². The van der Waals surface area contributed by atoms with Crippen LogP contribution in [0, 0.1) is 0 Å². The largest absolute Gasteiger partial charge is 0.463 e. The van der Waals surface area contributed by atoms with Gasteiger partial charge in [0.25, 0.3) is 0 Å². The molecular formula is C32H33NO3. The van der Waals surface area contributed by atoms with Gasteiger partial charge in [0, 0.05) is 23.6 Å². The lowest BCUT2D eigenvalue weighted by Crippen LogP contribution is -2.02. The third kappa shape index (κ3) is 7.29. The Bertz CT molecular complexity index is 1200. The van der Waals surface area contributed by atoms with Gasteiger partial charge in [0.1, 0.15) is 5.69 Å². The molecule has 4 aromatic rings. The first kappa shape index (κ1) is 25.2. The molecule has 184 valence electrons. The van der Waals surface area contributed by atoms with E-state index >= 15 is 0 Å². The number of oxazole rings is 1. The molecule has 0 aliphatic heterocycles. The number of ether oxygens (including phenoxy) is 1. The Morgan fingerprint density at radius 2 is 1.61 bits per heavy atom. The molecule has 0 radical (unpaired) electrons. The molecule has 3 aromatic carbocycles. The number of unbranched alkanes of at least 4 members (excludes halogenated alkanes) is 3. The maximum absolute atomic E-state index is 12.0. The van der Waals surface area contributed by atoms with Crippen molar-refractivity contribution >= 4 is 12.0 Å². The summed E-state index contributed by atoms with van der Waals surface area (Å²) in [5.74, 6) is 1.21. The third-order valence-electron chi connectivity index (χ3n) is 5.99. The Balaban J connectivity index is 1.41. The average Bonchev–Trinajstić information content (AvgIpc) is 3.36. The number of aryl methyl sites for hydroxylation is 2. The van der Waals surface area contributed by atoms with Crippen LogP contribution in [0.2, 0.25) is 0 Å². The number of benzene rings is 3. The molecule has 1 aromatic heterocycles. The second-order valence-electron chi connectivity index (χ2n) is 8.82. The molecule has 0 aliphatic carbocycles. The molecule has 0 aliphatic rings. The Morgan fingerprint density at radius 1 is 0.861 bits per heavy atom. The molecule has 0 saturated heterocycles. The van der Waals surface area contributed by atoms with E-state index < -0.39 is 0 Å². The molecule has 4 rings (SSSR count). The zero-order chi connectivity index (χ0) is 25.0. The van der Waals surface area contributed by atoms with Crippen LogP contribution < -0.4 is 0 Å². The summed E-state index contributed by atoms with van der Waals surface area (Å²) < 4.78 is 11.5. The maximum atomic E-state index is 12.0. The summed E-state index contributed by atoms with van der Waals surface area (Å²) in [6.07, 6.45) is 9.14. The van der Waals surface area contributed by atoms with Crippen LogP contribution in [0.5, 0.6) is 0 Å². The predicted molar refractivity (Wildman–Crippen MR) is 145 cm³/mol. The number of hydrogen-bond donors (Lipinski definition) is 0. The maximum Gasteiger partial charge on any atom is 0.330 e. The van der Waals surface area contributed by atoms with E-state index in [0.29, 0.717) is 18.9 Å². The van der Waals surface area contributed by atoms with E-state index in [0.717, 1.165) is 53.0 Å². The van der Waals surface area contributed by atoms with Gasteiger partial charge in [0.05, 0.1) is 6.61 Å².